The Morgan fingerprint density at radius 2 is 2.06 bits per heavy atom. The molecule has 0 saturated carbocycles. The van der Waals surface area contributed by atoms with Crippen molar-refractivity contribution in [3.05, 3.63) is 36.1 Å². The standard InChI is InChI=1S/C15H21NOS/c1-18-10-6-2-5-9-16-12-14-11-13-7-3-4-8-15(13)17-14/h3-4,7-8,11,16H,2,5-6,9-10,12H2,1H3. The van der Waals surface area contributed by atoms with Crippen molar-refractivity contribution in [1.82, 2.24) is 5.32 Å². The summed E-state index contributed by atoms with van der Waals surface area (Å²) < 4.78 is 5.75. The molecule has 2 rings (SSSR count). The van der Waals surface area contributed by atoms with Crippen LogP contribution in [0.3, 0.4) is 0 Å². The second kappa shape index (κ2) is 7.49. The molecule has 1 aromatic heterocycles. The number of hydrogen-bond acceptors (Lipinski definition) is 3. The number of nitrogens with one attached hydrogen (secondary N) is 1. The van der Waals surface area contributed by atoms with Crippen LogP contribution in [-0.4, -0.2) is 18.6 Å². The first-order valence-corrected chi connectivity index (χ1v) is 7.96. The van der Waals surface area contributed by atoms with Gasteiger partial charge in [-0.2, -0.15) is 11.8 Å². The quantitative estimate of drug-likeness (QED) is 0.727. The lowest BCUT2D eigenvalue weighted by Gasteiger charge is -2.02. The van der Waals surface area contributed by atoms with Crippen LogP contribution in [0.15, 0.2) is 34.7 Å². The van der Waals surface area contributed by atoms with Gasteiger partial charge >= 0.3 is 0 Å². The van der Waals surface area contributed by atoms with Crippen molar-refractivity contribution >= 4 is 22.7 Å². The molecule has 0 amide bonds. The highest BCUT2D eigenvalue weighted by Crippen LogP contribution is 2.18. The summed E-state index contributed by atoms with van der Waals surface area (Å²) in [7, 11) is 0. The molecule has 0 atom stereocenters. The van der Waals surface area contributed by atoms with Crippen LogP contribution < -0.4 is 5.32 Å². The third-order valence-electron chi connectivity index (χ3n) is 2.98. The molecule has 0 saturated heterocycles. The largest absolute Gasteiger partial charge is 0.460 e. The first-order valence-electron chi connectivity index (χ1n) is 6.57. The molecule has 2 nitrogen and oxygen atoms in total. The SMILES string of the molecule is CSCCCCCNCc1cc2ccccc2o1. The molecule has 18 heavy (non-hydrogen) atoms. The number of benzene rings is 1. The molecule has 0 aliphatic carbocycles. The summed E-state index contributed by atoms with van der Waals surface area (Å²) in [6.45, 7) is 1.91. The molecule has 3 heteroatoms. The lowest BCUT2D eigenvalue weighted by atomic mass is 10.2. The Labute approximate surface area is 113 Å². The minimum atomic E-state index is 0.831. The Kier molecular flexibility index (Phi) is 5.62. The van der Waals surface area contributed by atoms with Gasteiger partial charge in [-0.25, -0.2) is 0 Å². The van der Waals surface area contributed by atoms with Crippen LogP contribution in [0.5, 0.6) is 0 Å². The molecule has 1 heterocycles. The predicted molar refractivity (Wildman–Crippen MR) is 80.2 cm³/mol. The van der Waals surface area contributed by atoms with Crippen LogP contribution in [0.4, 0.5) is 0 Å². The molecule has 98 valence electrons. The van der Waals surface area contributed by atoms with Crippen molar-refractivity contribution in [2.45, 2.75) is 25.8 Å². The van der Waals surface area contributed by atoms with E-state index in [0.717, 1.165) is 24.4 Å². The van der Waals surface area contributed by atoms with Gasteiger partial charge in [0.2, 0.25) is 0 Å². The van der Waals surface area contributed by atoms with E-state index in [4.69, 9.17) is 4.42 Å². The van der Waals surface area contributed by atoms with Crippen molar-refractivity contribution < 1.29 is 4.42 Å². The Morgan fingerprint density at radius 3 is 2.89 bits per heavy atom. The van der Waals surface area contributed by atoms with Crippen molar-refractivity contribution in [3.63, 3.8) is 0 Å². The molecule has 0 bridgehead atoms. The molecule has 0 aliphatic rings. The highest BCUT2D eigenvalue weighted by atomic mass is 32.2. The maximum atomic E-state index is 5.75. The van der Waals surface area contributed by atoms with E-state index in [-0.39, 0.29) is 0 Å². The summed E-state index contributed by atoms with van der Waals surface area (Å²) >= 11 is 1.93. The maximum absolute atomic E-state index is 5.75. The van der Waals surface area contributed by atoms with Crippen LogP contribution in [0.2, 0.25) is 0 Å². The molecule has 1 N–H and O–H groups in total. The van der Waals surface area contributed by atoms with E-state index < -0.39 is 0 Å². The van der Waals surface area contributed by atoms with Gasteiger partial charge in [-0.15, -0.1) is 0 Å². The third-order valence-corrected chi connectivity index (χ3v) is 3.67. The van der Waals surface area contributed by atoms with Gasteiger partial charge in [0.05, 0.1) is 6.54 Å². The van der Waals surface area contributed by atoms with Crippen molar-refractivity contribution in [3.8, 4) is 0 Å². The average molecular weight is 263 g/mol. The monoisotopic (exact) mass is 263 g/mol. The second-order valence-corrected chi connectivity index (χ2v) is 5.47. The Morgan fingerprint density at radius 1 is 1.17 bits per heavy atom. The van der Waals surface area contributed by atoms with Crippen LogP contribution in [0.25, 0.3) is 11.0 Å². The zero-order chi connectivity index (χ0) is 12.6. The number of furan rings is 1. The predicted octanol–water partition coefficient (Wildman–Crippen LogP) is 4.06. The number of hydrogen-bond donors (Lipinski definition) is 1. The van der Waals surface area contributed by atoms with Gasteiger partial charge in [0.1, 0.15) is 11.3 Å². The van der Waals surface area contributed by atoms with Gasteiger partial charge < -0.3 is 9.73 Å². The van der Waals surface area contributed by atoms with Crippen molar-refractivity contribution in [2.24, 2.45) is 0 Å². The molecule has 2 aromatic rings. The van der Waals surface area contributed by atoms with Gasteiger partial charge in [0, 0.05) is 5.39 Å². The zero-order valence-corrected chi connectivity index (χ0v) is 11.8. The lowest BCUT2D eigenvalue weighted by Crippen LogP contribution is -2.14. The Hall–Kier alpha value is -0.930. The number of thioether (sulfide) groups is 1. The molecule has 1 aromatic carbocycles. The van der Waals surface area contributed by atoms with E-state index in [9.17, 15) is 0 Å². The first-order chi connectivity index (χ1) is 8.90. The Balaban J connectivity index is 1.67. The van der Waals surface area contributed by atoms with Crippen LogP contribution in [0, 0.1) is 0 Å². The molecule has 0 spiro atoms. The first kappa shape index (κ1) is 13.5. The summed E-state index contributed by atoms with van der Waals surface area (Å²) in [5, 5.41) is 4.63. The van der Waals surface area contributed by atoms with E-state index in [1.54, 1.807) is 0 Å². The van der Waals surface area contributed by atoms with Gasteiger partial charge in [0.15, 0.2) is 0 Å². The molecule has 0 unspecified atom stereocenters. The highest BCUT2D eigenvalue weighted by molar-refractivity contribution is 7.98. The van der Waals surface area contributed by atoms with Gasteiger partial charge in [-0.05, 0) is 43.5 Å². The Bertz CT molecular complexity index is 433. The fraction of sp³-hybridized carbons (Fsp3) is 0.467. The van der Waals surface area contributed by atoms with Crippen LogP contribution in [0.1, 0.15) is 25.0 Å². The van der Waals surface area contributed by atoms with Crippen LogP contribution in [-0.2, 0) is 6.54 Å². The molecule has 0 radical (unpaired) electrons. The molecule has 0 fully saturated rings. The van der Waals surface area contributed by atoms with E-state index in [1.807, 2.05) is 30.0 Å². The zero-order valence-electron chi connectivity index (χ0n) is 10.9. The number of rotatable bonds is 8. The molecule has 0 aliphatic heterocycles. The molecular weight excluding hydrogens is 242 g/mol. The molecular formula is C15H21NOS. The smallest absolute Gasteiger partial charge is 0.134 e. The summed E-state index contributed by atoms with van der Waals surface area (Å²) in [6, 6.07) is 10.3. The van der Waals surface area contributed by atoms with Gasteiger partial charge in [0.25, 0.3) is 0 Å². The summed E-state index contributed by atoms with van der Waals surface area (Å²) in [6.07, 6.45) is 6.06. The third kappa shape index (κ3) is 4.07. The summed E-state index contributed by atoms with van der Waals surface area (Å²) in [4.78, 5) is 0. The normalized spacial score (nSPS) is 11.2. The number of para-hydroxylation sites is 1. The van der Waals surface area contributed by atoms with E-state index in [0.29, 0.717) is 0 Å². The average Bonchev–Trinajstić information content (AvgIpc) is 2.80. The van der Waals surface area contributed by atoms with Crippen LogP contribution >= 0.6 is 11.8 Å². The number of unbranched alkanes of at least 4 members (excludes halogenated alkanes) is 2. The fourth-order valence-corrected chi connectivity index (χ4v) is 2.50. The fourth-order valence-electron chi connectivity index (χ4n) is 2.01. The lowest BCUT2D eigenvalue weighted by molar-refractivity contribution is 0.506. The summed E-state index contributed by atoms with van der Waals surface area (Å²) in [5.41, 5.74) is 0.981. The van der Waals surface area contributed by atoms with E-state index in [2.05, 4.69) is 23.7 Å². The minimum Gasteiger partial charge on any atom is -0.460 e. The minimum absolute atomic E-state index is 0.831. The maximum Gasteiger partial charge on any atom is 0.134 e. The van der Waals surface area contributed by atoms with Gasteiger partial charge in [-0.3, -0.25) is 0 Å². The van der Waals surface area contributed by atoms with E-state index in [1.165, 1.54) is 30.4 Å². The van der Waals surface area contributed by atoms with Gasteiger partial charge in [-0.1, -0.05) is 24.6 Å². The topological polar surface area (TPSA) is 25.2 Å². The highest BCUT2D eigenvalue weighted by Gasteiger charge is 2.01. The van der Waals surface area contributed by atoms with E-state index >= 15 is 0 Å². The second-order valence-electron chi connectivity index (χ2n) is 4.48. The van der Waals surface area contributed by atoms with Crippen molar-refractivity contribution in [2.75, 3.05) is 18.6 Å². The summed E-state index contributed by atoms with van der Waals surface area (Å²) in [5.74, 6) is 2.31. The van der Waals surface area contributed by atoms with Crippen molar-refractivity contribution in [1.29, 1.82) is 0 Å². The number of fused-ring (bicyclic) bond motifs is 1.